The first-order valence-electron chi connectivity index (χ1n) is 9.80. The van der Waals surface area contributed by atoms with Gasteiger partial charge in [0.25, 0.3) is 0 Å². The molecule has 0 saturated carbocycles. The Labute approximate surface area is 189 Å². The van der Waals surface area contributed by atoms with Crippen LogP contribution in [0.3, 0.4) is 0 Å². The van der Waals surface area contributed by atoms with Gasteiger partial charge in [-0.2, -0.15) is 0 Å². The number of hydrogen-bond acceptors (Lipinski definition) is 5. The van der Waals surface area contributed by atoms with Gasteiger partial charge in [0.2, 0.25) is 0 Å². The van der Waals surface area contributed by atoms with E-state index in [1.165, 1.54) is 30.6 Å². The smallest absolute Gasteiger partial charge is 0.191 e. The van der Waals surface area contributed by atoms with Crippen LogP contribution in [0.15, 0.2) is 29.5 Å². The number of nitrogens with one attached hydrogen (secondary N) is 2. The fourth-order valence-corrected chi connectivity index (χ4v) is 4.01. The largest absolute Gasteiger partial charge is 0.357 e. The first kappa shape index (κ1) is 22.9. The molecular formula is C20H31IN6S. The number of aliphatic imine (C=N–C) groups is 1. The van der Waals surface area contributed by atoms with Crippen LogP contribution < -0.4 is 15.5 Å². The van der Waals surface area contributed by atoms with Gasteiger partial charge in [-0.3, -0.25) is 4.99 Å². The van der Waals surface area contributed by atoms with E-state index in [0.717, 1.165) is 48.4 Å². The van der Waals surface area contributed by atoms with E-state index in [2.05, 4.69) is 49.6 Å². The number of rotatable bonds is 6. The van der Waals surface area contributed by atoms with Crippen molar-refractivity contribution in [2.45, 2.75) is 45.6 Å². The summed E-state index contributed by atoms with van der Waals surface area (Å²) in [5.74, 6) is 1.90. The number of hydrogen-bond donors (Lipinski definition) is 2. The van der Waals surface area contributed by atoms with Crippen LogP contribution in [0.1, 0.15) is 41.1 Å². The molecule has 8 heteroatoms. The maximum atomic E-state index is 4.67. The van der Waals surface area contributed by atoms with E-state index in [1.807, 2.05) is 12.4 Å². The van der Waals surface area contributed by atoms with Crippen LogP contribution in [-0.2, 0) is 13.0 Å². The quantitative estimate of drug-likeness (QED) is 0.349. The lowest BCUT2D eigenvalue weighted by atomic mass is 10.2. The summed E-state index contributed by atoms with van der Waals surface area (Å²) in [5.41, 5.74) is 1.16. The molecule has 2 aromatic heterocycles. The molecule has 1 saturated heterocycles. The zero-order valence-corrected chi connectivity index (χ0v) is 19.9. The Kier molecular flexibility index (Phi) is 9.97. The molecule has 0 spiro atoms. The Morgan fingerprint density at radius 1 is 1.11 bits per heavy atom. The van der Waals surface area contributed by atoms with Crippen LogP contribution in [0.25, 0.3) is 0 Å². The van der Waals surface area contributed by atoms with E-state index in [9.17, 15) is 0 Å². The van der Waals surface area contributed by atoms with Crippen molar-refractivity contribution in [3.8, 4) is 0 Å². The molecule has 1 aliphatic rings. The predicted octanol–water partition coefficient (Wildman–Crippen LogP) is 3.75. The van der Waals surface area contributed by atoms with Crippen LogP contribution in [0, 0.1) is 6.92 Å². The summed E-state index contributed by atoms with van der Waals surface area (Å²) in [5, 5.41) is 7.86. The molecule has 0 bridgehead atoms. The summed E-state index contributed by atoms with van der Waals surface area (Å²) < 4.78 is 0. The molecule has 1 aliphatic heterocycles. The van der Waals surface area contributed by atoms with Gasteiger partial charge in [0.05, 0.1) is 5.01 Å². The molecule has 6 nitrogen and oxygen atoms in total. The molecule has 3 heterocycles. The second kappa shape index (κ2) is 12.2. The summed E-state index contributed by atoms with van der Waals surface area (Å²) >= 11 is 1.75. The van der Waals surface area contributed by atoms with Crippen molar-refractivity contribution < 1.29 is 0 Å². The third-order valence-electron chi connectivity index (χ3n) is 4.72. The van der Waals surface area contributed by atoms with Crippen molar-refractivity contribution in [3.63, 3.8) is 0 Å². The van der Waals surface area contributed by atoms with E-state index in [4.69, 9.17) is 0 Å². The molecule has 154 valence electrons. The number of anilines is 1. The second-order valence-electron chi connectivity index (χ2n) is 6.89. The molecule has 0 atom stereocenters. The number of halogens is 1. The SMILES string of the molecule is CN=C(NCCc1ncc(C)s1)NCc1ccc(N2CCCCCC2)nc1.I. The minimum absolute atomic E-state index is 0. The van der Waals surface area contributed by atoms with Crippen molar-refractivity contribution in [2.24, 2.45) is 4.99 Å². The molecule has 28 heavy (non-hydrogen) atoms. The Morgan fingerprint density at radius 2 is 1.89 bits per heavy atom. The molecule has 3 rings (SSSR count). The van der Waals surface area contributed by atoms with Crippen LogP contribution in [0.2, 0.25) is 0 Å². The first-order chi connectivity index (χ1) is 13.2. The van der Waals surface area contributed by atoms with E-state index >= 15 is 0 Å². The van der Waals surface area contributed by atoms with Crippen molar-refractivity contribution in [3.05, 3.63) is 40.0 Å². The first-order valence-corrected chi connectivity index (χ1v) is 10.6. The normalized spacial score (nSPS) is 14.9. The minimum atomic E-state index is 0. The Hall–Kier alpha value is -1.42. The van der Waals surface area contributed by atoms with Crippen molar-refractivity contribution in [1.82, 2.24) is 20.6 Å². The summed E-state index contributed by atoms with van der Waals surface area (Å²) in [4.78, 5) is 17.0. The highest BCUT2D eigenvalue weighted by atomic mass is 127. The van der Waals surface area contributed by atoms with Crippen molar-refractivity contribution in [2.75, 3.05) is 31.6 Å². The van der Waals surface area contributed by atoms with Gasteiger partial charge in [0, 0.05) is 56.9 Å². The predicted molar refractivity (Wildman–Crippen MR) is 129 cm³/mol. The lowest BCUT2D eigenvalue weighted by Crippen LogP contribution is -2.37. The van der Waals surface area contributed by atoms with Crippen LogP contribution >= 0.6 is 35.3 Å². The van der Waals surface area contributed by atoms with Gasteiger partial charge in [-0.15, -0.1) is 35.3 Å². The summed E-state index contributed by atoms with van der Waals surface area (Å²) in [7, 11) is 1.80. The minimum Gasteiger partial charge on any atom is -0.357 e. The molecule has 1 fully saturated rings. The number of guanidine groups is 1. The van der Waals surface area contributed by atoms with Crippen molar-refractivity contribution >= 4 is 47.1 Å². The maximum absolute atomic E-state index is 4.67. The number of nitrogens with zero attached hydrogens (tertiary/aromatic N) is 4. The highest BCUT2D eigenvalue weighted by molar-refractivity contribution is 14.0. The highest BCUT2D eigenvalue weighted by Crippen LogP contribution is 2.17. The average molecular weight is 514 g/mol. The lowest BCUT2D eigenvalue weighted by Gasteiger charge is -2.21. The zero-order valence-electron chi connectivity index (χ0n) is 16.8. The Morgan fingerprint density at radius 3 is 2.50 bits per heavy atom. The fourth-order valence-electron chi connectivity index (χ4n) is 3.22. The Bertz CT molecular complexity index is 723. The monoisotopic (exact) mass is 514 g/mol. The number of aryl methyl sites for hydroxylation is 1. The molecule has 0 radical (unpaired) electrons. The van der Waals surface area contributed by atoms with Gasteiger partial charge in [-0.25, -0.2) is 9.97 Å². The zero-order chi connectivity index (χ0) is 18.9. The molecule has 2 aromatic rings. The molecule has 0 aliphatic carbocycles. The molecule has 0 amide bonds. The second-order valence-corrected chi connectivity index (χ2v) is 8.21. The van der Waals surface area contributed by atoms with E-state index in [-0.39, 0.29) is 24.0 Å². The number of aromatic nitrogens is 2. The van der Waals surface area contributed by atoms with Gasteiger partial charge in [0.1, 0.15) is 5.82 Å². The van der Waals surface area contributed by atoms with Gasteiger partial charge < -0.3 is 15.5 Å². The van der Waals surface area contributed by atoms with Gasteiger partial charge >= 0.3 is 0 Å². The maximum Gasteiger partial charge on any atom is 0.191 e. The van der Waals surface area contributed by atoms with Crippen LogP contribution in [0.5, 0.6) is 0 Å². The van der Waals surface area contributed by atoms with E-state index in [0.29, 0.717) is 6.54 Å². The topological polar surface area (TPSA) is 65.4 Å². The van der Waals surface area contributed by atoms with Crippen LogP contribution in [0.4, 0.5) is 5.82 Å². The van der Waals surface area contributed by atoms with Crippen molar-refractivity contribution in [1.29, 1.82) is 0 Å². The lowest BCUT2D eigenvalue weighted by molar-refractivity contribution is 0.726. The molecular weight excluding hydrogens is 483 g/mol. The molecule has 0 unspecified atom stereocenters. The summed E-state index contributed by atoms with van der Waals surface area (Å²) in [6.07, 6.45) is 10.0. The van der Waals surface area contributed by atoms with E-state index in [1.54, 1.807) is 18.4 Å². The molecule has 2 N–H and O–H groups in total. The van der Waals surface area contributed by atoms with Crippen LogP contribution in [-0.4, -0.2) is 42.6 Å². The average Bonchev–Trinajstić information content (AvgIpc) is 2.94. The van der Waals surface area contributed by atoms with Gasteiger partial charge in [0.15, 0.2) is 5.96 Å². The summed E-state index contributed by atoms with van der Waals surface area (Å²) in [6, 6.07) is 4.30. The highest BCUT2D eigenvalue weighted by Gasteiger charge is 2.10. The fraction of sp³-hybridized carbons (Fsp3) is 0.550. The Balaban J connectivity index is 0.00000280. The van der Waals surface area contributed by atoms with Gasteiger partial charge in [-0.1, -0.05) is 18.9 Å². The third-order valence-corrected chi connectivity index (χ3v) is 5.70. The standard InChI is InChI=1S/C20H30N6S.HI/c1-16-13-24-19(27-16)9-10-22-20(21-2)25-15-17-7-8-18(23-14-17)26-11-5-3-4-6-12-26;/h7-8,13-14H,3-6,9-12,15H2,1-2H3,(H2,21,22,25);1H. The number of pyridine rings is 1. The summed E-state index contributed by atoms with van der Waals surface area (Å²) in [6.45, 7) is 5.86. The number of thiazole rings is 1. The third kappa shape index (κ3) is 7.20. The molecule has 0 aromatic carbocycles. The van der Waals surface area contributed by atoms with Gasteiger partial charge in [-0.05, 0) is 31.4 Å². The van der Waals surface area contributed by atoms with E-state index < -0.39 is 0 Å².